The summed E-state index contributed by atoms with van der Waals surface area (Å²) in [5.41, 5.74) is 0.709. The summed E-state index contributed by atoms with van der Waals surface area (Å²) in [7, 11) is 0. The van der Waals surface area contributed by atoms with Gasteiger partial charge in [-0.3, -0.25) is 0 Å². The number of halogens is 5. The Morgan fingerprint density at radius 2 is 1.84 bits per heavy atom. The van der Waals surface area contributed by atoms with Crippen molar-refractivity contribution in [2.24, 2.45) is 0 Å². The number of hydrogen-bond donors (Lipinski definition) is 2. The highest BCUT2D eigenvalue weighted by molar-refractivity contribution is 5.90. The minimum absolute atomic E-state index is 0.0129. The van der Waals surface area contributed by atoms with E-state index in [0.717, 1.165) is 35.2 Å². The van der Waals surface area contributed by atoms with Gasteiger partial charge >= 0.3 is 12.1 Å². The monoisotopic (exact) mass is 515 g/mol. The number of rotatable bonds is 7. The van der Waals surface area contributed by atoms with Crippen molar-refractivity contribution in [3.63, 3.8) is 0 Å². The standard InChI is InChI=1S/C25H18F5N5O2/c1-2-14(9-22(36)37)15-4-3-5-16(8-15)20-13-31-24(32-19-11-17(26)10-18(27)12-19)33-23(20)35-7-6-21(34-35)25(28,29)30/h3-13H,2H2,1H3,(H,36,37)(H,31,32,33)/b14-9+. The van der Waals surface area contributed by atoms with E-state index in [0.29, 0.717) is 29.2 Å². The third kappa shape index (κ3) is 5.97. The molecule has 0 aliphatic rings. The maximum Gasteiger partial charge on any atom is 0.435 e. The van der Waals surface area contributed by atoms with Crippen LogP contribution in [0, 0.1) is 11.6 Å². The maximum absolute atomic E-state index is 13.6. The van der Waals surface area contributed by atoms with Gasteiger partial charge in [0.25, 0.3) is 0 Å². The third-order valence-corrected chi connectivity index (χ3v) is 5.21. The van der Waals surface area contributed by atoms with Crippen LogP contribution < -0.4 is 5.32 Å². The SMILES string of the molecule is CC/C(=C\C(=O)O)c1cccc(-c2cnc(Nc3cc(F)cc(F)c3)nc2-n2ccc(C(F)(F)F)n2)c1. The number of alkyl halides is 3. The number of carboxylic acid groups (broad SMARTS) is 1. The number of nitrogens with zero attached hydrogens (tertiary/aromatic N) is 4. The molecule has 0 saturated heterocycles. The summed E-state index contributed by atoms with van der Waals surface area (Å²) in [5.74, 6) is -3.02. The van der Waals surface area contributed by atoms with E-state index in [4.69, 9.17) is 5.11 Å². The molecule has 0 bridgehead atoms. The Balaban J connectivity index is 1.84. The first kappa shape index (κ1) is 25.5. The Morgan fingerprint density at radius 1 is 1.11 bits per heavy atom. The highest BCUT2D eigenvalue weighted by Crippen LogP contribution is 2.32. The van der Waals surface area contributed by atoms with Crippen LogP contribution in [0.4, 0.5) is 33.6 Å². The Hall–Kier alpha value is -4.61. The molecule has 7 nitrogen and oxygen atoms in total. The van der Waals surface area contributed by atoms with Gasteiger partial charge in [-0.05, 0) is 47.4 Å². The van der Waals surface area contributed by atoms with Crippen molar-refractivity contribution in [3.05, 3.63) is 89.9 Å². The van der Waals surface area contributed by atoms with Gasteiger partial charge in [-0.2, -0.15) is 23.3 Å². The summed E-state index contributed by atoms with van der Waals surface area (Å²) in [6.45, 7) is 1.79. The van der Waals surface area contributed by atoms with Crippen LogP contribution in [0.2, 0.25) is 0 Å². The lowest BCUT2D eigenvalue weighted by atomic mass is 9.98. The summed E-state index contributed by atoms with van der Waals surface area (Å²) in [4.78, 5) is 19.6. The Morgan fingerprint density at radius 3 is 2.46 bits per heavy atom. The highest BCUT2D eigenvalue weighted by Gasteiger charge is 2.34. The number of allylic oxidation sites excluding steroid dienone is 1. The molecule has 0 radical (unpaired) electrons. The van der Waals surface area contributed by atoms with Crippen LogP contribution >= 0.6 is 0 Å². The molecular formula is C25H18F5N5O2. The number of hydrogen-bond acceptors (Lipinski definition) is 5. The normalized spacial score (nSPS) is 12.0. The first-order chi connectivity index (χ1) is 17.5. The third-order valence-electron chi connectivity index (χ3n) is 5.21. The van der Waals surface area contributed by atoms with Gasteiger partial charge in [0.05, 0.1) is 0 Å². The number of aliphatic carboxylic acids is 1. The van der Waals surface area contributed by atoms with Crippen LogP contribution in [-0.4, -0.2) is 30.8 Å². The summed E-state index contributed by atoms with van der Waals surface area (Å²) < 4.78 is 67.8. The van der Waals surface area contributed by atoms with E-state index in [2.05, 4.69) is 20.4 Å². The topological polar surface area (TPSA) is 92.9 Å². The molecule has 12 heteroatoms. The molecule has 0 amide bonds. The Kier molecular flexibility index (Phi) is 7.00. The summed E-state index contributed by atoms with van der Waals surface area (Å²) in [6.07, 6.45) is -0.811. The van der Waals surface area contributed by atoms with Crippen LogP contribution in [0.25, 0.3) is 22.5 Å². The molecule has 190 valence electrons. The van der Waals surface area contributed by atoms with E-state index in [1.165, 1.54) is 6.20 Å². The molecule has 4 aromatic rings. The van der Waals surface area contributed by atoms with Crippen molar-refractivity contribution in [2.75, 3.05) is 5.32 Å². The molecule has 0 atom stereocenters. The average Bonchev–Trinajstić information content (AvgIpc) is 3.33. The van der Waals surface area contributed by atoms with Crippen LogP contribution in [0.5, 0.6) is 0 Å². The minimum Gasteiger partial charge on any atom is -0.478 e. The van der Waals surface area contributed by atoms with Crippen LogP contribution in [0.15, 0.2) is 67.0 Å². The van der Waals surface area contributed by atoms with Crippen molar-refractivity contribution in [1.29, 1.82) is 0 Å². The fraction of sp³-hybridized carbons (Fsp3) is 0.120. The summed E-state index contributed by atoms with van der Waals surface area (Å²) >= 11 is 0. The van der Waals surface area contributed by atoms with E-state index in [-0.39, 0.29) is 23.0 Å². The Labute approximate surface area is 206 Å². The minimum atomic E-state index is -4.70. The smallest absolute Gasteiger partial charge is 0.435 e. The molecule has 0 aliphatic carbocycles. The molecule has 0 spiro atoms. The van der Waals surface area contributed by atoms with E-state index < -0.39 is 29.5 Å². The second kappa shape index (κ2) is 10.2. The van der Waals surface area contributed by atoms with E-state index >= 15 is 0 Å². The fourth-order valence-electron chi connectivity index (χ4n) is 3.58. The second-order valence-corrected chi connectivity index (χ2v) is 7.80. The van der Waals surface area contributed by atoms with Crippen molar-refractivity contribution >= 4 is 23.2 Å². The molecule has 0 fully saturated rings. The molecule has 2 aromatic heterocycles. The highest BCUT2D eigenvalue weighted by atomic mass is 19.4. The molecule has 0 unspecified atom stereocenters. The van der Waals surface area contributed by atoms with Gasteiger partial charge in [0.1, 0.15) is 11.6 Å². The largest absolute Gasteiger partial charge is 0.478 e. The lowest BCUT2D eigenvalue weighted by molar-refractivity contribution is -0.141. The van der Waals surface area contributed by atoms with Crippen LogP contribution in [0.3, 0.4) is 0 Å². The number of anilines is 2. The zero-order chi connectivity index (χ0) is 26.7. The number of aromatic nitrogens is 4. The molecule has 4 rings (SSSR count). The first-order valence-electron chi connectivity index (χ1n) is 10.8. The van der Waals surface area contributed by atoms with Crippen molar-refractivity contribution in [2.45, 2.75) is 19.5 Å². The van der Waals surface area contributed by atoms with Crippen LogP contribution in [-0.2, 0) is 11.0 Å². The molecular weight excluding hydrogens is 497 g/mol. The molecule has 2 heterocycles. The van der Waals surface area contributed by atoms with Crippen molar-refractivity contribution < 1.29 is 31.9 Å². The second-order valence-electron chi connectivity index (χ2n) is 7.80. The number of nitrogens with one attached hydrogen (secondary N) is 1. The van der Waals surface area contributed by atoms with Gasteiger partial charge in [0.2, 0.25) is 5.95 Å². The van der Waals surface area contributed by atoms with Gasteiger partial charge in [0, 0.05) is 35.8 Å². The summed E-state index contributed by atoms with van der Waals surface area (Å²) in [6, 6.07) is 10.1. The molecule has 2 N–H and O–H groups in total. The lowest BCUT2D eigenvalue weighted by Gasteiger charge is -2.13. The van der Waals surface area contributed by atoms with Gasteiger partial charge in [-0.1, -0.05) is 25.1 Å². The molecule has 0 aliphatic heterocycles. The van der Waals surface area contributed by atoms with E-state index in [1.807, 2.05) is 0 Å². The predicted molar refractivity (Wildman–Crippen MR) is 125 cm³/mol. The zero-order valence-electron chi connectivity index (χ0n) is 19.1. The predicted octanol–water partition coefficient (Wildman–Crippen LogP) is 6.25. The quantitative estimate of drug-likeness (QED) is 0.223. The Bertz CT molecular complexity index is 1480. The number of carbonyl (C=O) groups is 1. The lowest BCUT2D eigenvalue weighted by Crippen LogP contribution is -2.10. The molecule has 2 aromatic carbocycles. The van der Waals surface area contributed by atoms with Gasteiger partial charge in [0.15, 0.2) is 11.5 Å². The average molecular weight is 515 g/mol. The van der Waals surface area contributed by atoms with Gasteiger partial charge in [-0.25, -0.2) is 23.2 Å². The van der Waals surface area contributed by atoms with E-state index in [1.54, 1.807) is 31.2 Å². The molecule has 0 saturated carbocycles. The summed E-state index contributed by atoms with van der Waals surface area (Å²) in [5, 5.41) is 15.4. The molecule has 37 heavy (non-hydrogen) atoms. The van der Waals surface area contributed by atoms with Gasteiger partial charge in [-0.15, -0.1) is 0 Å². The zero-order valence-corrected chi connectivity index (χ0v) is 19.1. The van der Waals surface area contributed by atoms with Gasteiger partial charge < -0.3 is 10.4 Å². The van der Waals surface area contributed by atoms with Crippen molar-refractivity contribution in [1.82, 2.24) is 19.7 Å². The number of carboxylic acids is 1. The maximum atomic E-state index is 13.6. The van der Waals surface area contributed by atoms with Crippen molar-refractivity contribution in [3.8, 4) is 16.9 Å². The fourth-order valence-corrected chi connectivity index (χ4v) is 3.58. The van der Waals surface area contributed by atoms with E-state index in [9.17, 15) is 26.7 Å². The number of benzene rings is 2. The van der Waals surface area contributed by atoms with Crippen LogP contribution in [0.1, 0.15) is 24.6 Å². The first-order valence-corrected chi connectivity index (χ1v) is 10.8.